The molecule has 0 aromatic rings. The first-order valence-corrected chi connectivity index (χ1v) is 1.11. The van der Waals surface area contributed by atoms with E-state index in [0.29, 0.717) is 0 Å². The molecule has 0 saturated carbocycles. The van der Waals surface area contributed by atoms with Crippen LogP contribution >= 0.6 is 0 Å². The van der Waals surface area contributed by atoms with Crippen LogP contribution in [0.1, 0.15) is 0 Å². The molecule has 0 saturated heterocycles. The van der Waals surface area contributed by atoms with Crippen molar-refractivity contribution >= 4 is 38.1 Å². The van der Waals surface area contributed by atoms with Crippen LogP contribution in [0.15, 0.2) is 0 Å². The molecule has 0 atom stereocenters. The van der Waals surface area contributed by atoms with Gasteiger partial charge in [-0.05, 0) is 0 Å². The molecular formula is C2H5BiO4Ti. The molecule has 0 aromatic carbocycles. The second kappa shape index (κ2) is 7.54. The number of carboxylic acids is 2. The fourth-order valence-electron chi connectivity index (χ4n) is 0. The average Bonchev–Trinajstić information content (AvgIpc) is 1.36. The van der Waals surface area contributed by atoms with Crippen molar-refractivity contribution in [3.8, 4) is 0 Å². The summed E-state index contributed by atoms with van der Waals surface area (Å²) in [4.78, 5) is 18.2. The molecule has 0 unspecified atom stereocenters. The Kier molecular flexibility index (Phi) is 14.9. The predicted molar refractivity (Wildman–Crippen MR) is 25.2 cm³/mol. The van der Waals surface area contributed by atoms with Gasteiger partial charge < -0.3 is 10.2 Å². The molecule has 46 valence electrons. The van der Waals surface area contributed by atoms with Gasteiger partial charge in [-0.25, -0.2) is 9.59 Å². The number of hydrogen-bond acceptors (Lipinski definition) is 2. The van der Waals surface area contributed by atoms with Crippen molar-refractivity contribution in [3.63, 3.8) is 0 Å². The van der Waals surface area contributed by atoms with Gasteiger partial charge in [0.15, 0.2) is 0 Å². The number of carboxylic acid groups (broad SMARTS) is 2. The van der Waals surface area contributed by atoms with Gasteiger partial charge in [0.1, 0.15) is 0 Å². The maximum atomic E-state index is 9.10. The van der Waals surface area contributed by atoms with Gasteiger partial charge in [0, 0.05) is 21.7 Å². The maximum absolute atomic E-state index is 9.10. The zero-order valence-electron chi connectivity index (χ0n) is 3.92. The minimum absolute atomic E-state index is 0. The summed E-state index contributed by atoms with van der Waals surface area (Å²) >= 11 is 0. The molecule has 0 rings (SSSR count). The largest absolute Gasteiger partial charge is 0 e. The zero-order valence-corrected chi connectivity index (χ0v) is 11.0. The van der Waals surface area contributed by atoms with Crippen molar-refractivity contribution in [2.24, 2.45) is 0 Å². The SMILES string of the molecule is O=C(O)C(=O)O.[BiH3].[Ti]. The van der Waals surface area contributed by atoms with E-state index in [2.05, 4.69) is 0 Å². The maximum Gasteiger partial charge on any atom is 0 e. The minimum Gasteiger partial charge on any atom is 0 e. The fraction of sp³-hybridized carbons (Fsp3) is 0. The molecule has 0 aromatic heterocycles. The quantitative estimate of drug-likeness (QED) is 0.391. The Hall–Kier alpha value is 0.537. The van der Waals surface area contributed by atoms with E-state index in [9.17, 15) is 0 Å². The summed E-state index contributed by atoms with van der Waals surface area (Å²) in [5, 5.41) is 14.8. The molecule has 0 radical (unpaired) electrons. The van der Waals surface area contributed by atoms with Gasteiger partial charge in [-0.1, -0.05) is 0 Å². The summed E-state index contributed by atoms with van der Waals surface area (Å²) in [5.41, 5.74) is 0. The van der Waals surface area contributed by atoms with Gasteiger partial charge in [0.05, 0.1) is 0 Å². The van der Waals surface area contributed by atoms with Crippen LogP contribution in [0.5, 0.6) is 0 Å². The minimum atomic E-state index is -1.82. The second-order valence-corrected chi connectivity index (χ2v) is 0.610. The van der Waals surface area contributed by atoms with E-state index in [1.807, 2.05) is 0 Å². The third-order valence-electron chi connectivity index (χ3n) is 0.183. The van der Waals surface area contributed by atoms with Crippen molar-refractivity contribution in [1.29, 1.82) is 0 Å². The second-order valence-electron chi connectivity index (χ2n) is 0.610. The summed E-state index contributed by atoms with van der Waals surface area (Å²) in [6.45, 7) is 0. The summed E-state index contributed by atoms with van der Waals surface area (Å²) in [5.74, 6) is -3.65. The Morgan fingerprint density at radius 2 is 1.12 bits per heavy atom. The van der Waals surface area contributed by atoms with E-state index in [1.165, 1.54) is 0 Å². The molecule has 0 fully saturated rings. The van der Waals surface area contributed by atoms with Crippen LogP contribution in [0.3, 0.4) is 0 Å². The number of hydrogen-bond donors (Lipinski definition) is 2. The Morgan fingerprint density at radius 1 is 1.00 bits per heavy atom. The molecule has 0 aliphatic rings. The third-order valence-corrected chi connectivity index (χ3v) is 0.183. The first-order chi connectivity index (χ1) is 2.64. The van der Waals surface area contributed by atoms with Crippen LogP contribution < -0.4 is 0 Å². The van der Waals surface area contributed by atoms with E-state index >= 15 is 0 Å². The molecule has 4 nitrogen and oxygen atoms in total. The van der Waals surface area contributed by atoms with Crippen LogP contribution in [0, 0.1) is 0 Å². The Morgan fingerprint density at radius 3 is 1.12 bits per heavy atom. The Labute approximate surface area is 79.3 Å². The fourth-order valence-corrected chi connectivity index (χ4v) is 0. The van der Waals surface area contributed by atoms with Crippen LogP contribution in [-0.2, 0) is 31.3 Å². The first-order valence-electron chi connectivity index (χ1n) is 1.11. The van der Waals surface area contributed by atoms with Crippen LogP contribution in [0.25, 0.3) is 0 Å². The summed E-state index contributed by atoms with van der Waals surface area (Å²) in [7, 11) is 0. The molecule has 0 aliphatic heterocycles. The van der Waals surface area contributed by atoms with Gasteiger partial charge in [0.25, 0.3) is 0 Å². The Bertz CT molecular complexity index is 80.0. The molecular weight excluding hydrogens is 345 g/mol. The van der Waals surface area contributed by atoms with Gasteiger partial charge in [-0.3, -0.25) is 0 Å². The van der Waals surface area contributed by atoms with Crippen molar-refractivity contribution < 1.29 is 41.5 Å². The standard InChI is InChI=1S/C2H2O4.Bi.Ti.3H/c3-1(4)2(5)6;;;;;/h(H,3,4)(H,5,6);;;;;. The monoisotopic (exact) mass is 350 g/mol. The molecule has 2 N–H and O–H groups in total. The smallest absolute Gasteiger partial charge is 0 e. The van der Waals surface area contributed by atoms with Crippen LogP contribution in [0.4, 0.5) is 0 Å². The number of aliphatic carboxylic acids is 2. The van der Waals surface area contributed by atoms with Gasteiger partial charge in [0.2, 0.25) is 0 Å². The predicted octanol–water partition coefficient (Wildman–Crippen LogP) is -2.03. The molecule has 8 heavy (non-hydrogen) atoms. The average molecular weight is 350 g/mol. The molecule has 0 amide bonds. The van der Waals surface area contributed by atoms with Crippen LogP contribution in [0.2, 0.25) is 0 Å². The topological polar surface area (TPSA) is 74.6 Å². The number of rotatable bonds is 0. The summed E-state index contributed by atoms with van der Waals surface area (Å²) in [6.07, 6.45) is 0. The van der Waals surface area contributed by atoms with E-state index in [0.717, 1.165) is 0 Å². The molecule has 0 spiro atoms. The van der Waals surface area contributed by atoms with Gasteiger partial charge in [-0.15, -0.1) is 0 Å². The Balaban J connectivity index is -0.000000125. The van der Waals surface area contributed by atoms with E-state index in [4.69, 9.17) is 19.8 Å². The van der Waals surface area contributed by atoms with E-state index in [-0.39, 0.29) is 47.9 Å². The van der Waals surface area contributed by atoms with E-state index < -0.39 is 11.9 Å². The van der Waals surface area contributed by atoms with Gasteiger partial charge in [-0.2, -0.15) is 0 Å². The first kappa shape index (κ1) is 15.8. The molecule has 0 heterocycles. The van der Waals surface area contributed by atoms with Crippen molar-refractivity contribution in [2.45, 2.75) is 0 Å². The van der Waals surface area contributed by atoms with E-state index in [1.54, 1.807) is 0 Å². The molecule has 0 aliphatic carbocycles. The zero-order chi connectivity index (χ0) is 5.15. The summed E-state index contributed by atoms with van der Waals surface area (Å²) in [6, 6.07) is 0. The molecule has 0 bridgehead atoms. The third kappa shape index (κ3) is 9.74. The number of carbonyl (C=O) groups is 2. The van der Waals surface area contributed by atoms with Crippen molar-refractivity contribution in [1.82, 2.24) is 0 Å². The normalized spacial score (nSPS) is 5.50. The van der Waals surface area contributed by atoms with Gasteiger partial charge >= 0.3 is 38.1 Å². The van der Waals surface area contributed by atoms with Crippen LogP contribution in [-0.4, -0.2) is 48.4 Å². The summed E-state index contributed by atoms with van der Waals surface area (Å²) < 4.78 is 0. The van der Waals surface area contributed by atoms with Crippen molar-refractivity contribution in [3.05, 3.63) is 0 Å². The molecule has 6 heteroatoms. The van der Waals surface area contributed by atoms with Crippen molar-refractivity contribution in [2.75, 3.05) is 0 Å².